The Hall–Kier alpha value is -0.120. The summed E-state index contributed by atoms with van der Waals surface area (Å²) in [5.41, 5.74) is 0.125. The molecular weight excluding hydrogens is 178 g/mol. The monoisotopic (exact) mass is 201 g/mol. The number of hydrogen-bond acceptors (Lipinski definition) is 3. The van der Waals surface area contributed by atoms with Crippen LogP contribution in [-0.4, -0.2) is 37.5 Å². The van der Waals surface area contributed by atoms with Crippen LogP contribution in [0.3, 0.4) is 0 Å². The maximum absolute atomic E-state index is 9.42. The smallest absolute Gasteiger partial charge is 0.0518 e. The van der Waals surface area contributed by atoms with Gasteiger partial charge in [0.05, 0.1) is 6.10 Å². The van der Waals surface area contributed by atoms with E-state index in [1.165, 1.54) is 0 Å². The van der Waals surface area contributed by atoms with Gasteiger partial charge in [-0.25, -0.2) is 0 Å². The van der Waals surface area contributed by atoms with Gasteiger partial charge in [0, 0.05) is 13.2 Å². The largest absolute Gasteiger partial charge is 0.396 e. The zero-order valence-corrected chi connectivity index (χ0v) is 9.38. The molecule has 0 aromatic rings. The van der Waals surface area contributed by atoms with Crippen LogP contribution < -0.4 is 5.32 Å². The summed E-state index contributed by atoms with van der Waals surface area (Å²) in [6.45, 7) is 7.24. The zero-order chi connectivity index (χ0) is 10.4. The van der Waals surface area contributed by atoms with Crippen molar-refractivity contribution >= 4 is 0 Å². The van der Waals surface area contributed by atoms with Crippen molar-refractivity contribution in [2.24, 2.45) is 5.41 Å². The molecule has 1 aliphatic rings. The minimum atomic E-state index is 0.125. The summed E-state index contributed by atoms with van der Waals surface area (Å²) in [6, 6.07) is 0. The van der Waals surface area contributed by atoms with E-state index in [0.29, 0.717) is 12.7 Å². The highest BCUT2D eigenvalue weighted by Gasteiger charge is 2.30. The van der Waals surface area contributed by atoms with Gasteiger partial charge >= 0.3 is 0 Å². The predicted molar refractivity (Wildman–Crippen MR) is 57.3 cm³/mol. The average molecular weight is 201 g/mol. The number of rotatable bonds is 5. The lowest BCUT2D eigenvalue weighted by molar-refractivity contribution is 0.0159. The van der Waals surface area contributed by atoms with Crippen LogP contribution in [0.25, 0.3) is 0 Å². The molecule has 2 N–H and O–H groups in total. The lowest BCUT2D eigenvalue weighted by atomic mass is 9.77. The third kappa shape index (κ3) is 3.56. The Morgan fingerprint density at radius 2 is 2.00 bits per heavy atom. The molecule has 0 saturated carbocycles. The van der Waals surface area contributed by atoms with Crippen molar-refractivity contribution in [3.8, 4) is 0 Å². The molecule has 0 amide bonds. The second-order valence-electron chi connectivity index (χ2n) is 4.58. The molecule has 1 fully saturated rings. The molecule has 0 radical (unpaired) electrons. The van der Waals surface area contributed by atoms with E-state index in [9.17, 15) is 5.11 Å². The number of ether oxygens (including phenoxy) is 1. The first-order chi connectivity index (χ1) is 6.68. The molecule has 0 aromatic heterocycles. The SMILES string of the molecule is CC(C)OCCC1(CO)CCNCC1. The Morgan fingerprint density at radius 1 is 1.36 bits per heavy atom. The summed E-state index contributed by atoms with van der Waals surface area (Å²) >= 11 is 0. The minimum absolute atomic E-state index is 0.125. The summed E-state index contributed by atoms with van der Waals surface area (Å²) < 4.78 is 5.54. The number of nitrogens with one attached hydrogen (secondary N) is 1. The van der Waals surface area contributed by atoms with Gasteiger partial charge in [0.2, 0.25) is 0 Å². The highest BCUT2D eigenvalue weighted by Crippen LogP contribution is 2.31. The van der Waals surface area contributed by atoms with Crippen molar-refractivity contribution < 1.29 is 9.84 Å². The van der Waals surface area contributed by atoms with Gasteiger partial charge < -0.3 is 15.2 Å². The molecule has 3 nitrogen and oxygen atoms in total. The first-order valence-corrected chi connectivity index (χ1v) is 5.62. The fourth-order valence-corrected chi connectivity index (χ4v) is 1.96. The van der Waals surface area contributed by atoms with Crippen LogP contribution in [0.1, 0.15) is 33.1 Å². The van der Waals surface area contributed by atoms with Crippen LogP contribution in [0.4, 0.5) is 0 Å². The molecule has 0 unspecified atom stereocenters. The Bertz CT molecular complexity index is 153. The molecule has 1 saturated heterocycles. The van der Waals surface area contributed by atoms with E-state index in [-0.39, 0.29) is 5.41 Å². The Balaban J connectivity index is 2.29. The van der Waals surface area contributed by atoms with Crippen LogP contribution in [-0.2, 0) is 4.74 Å². The molecule has 1 aliphatic heterocycles. The first kappa shape index (κ1) is 12.0. The van der Waals surface area contributed by atoms with Gasteiger partial charge in [-0.2, -0.15) is 0 Å². The number of piperidine rings is 1. The maximum Gasteiger partial charge on any atom is 0.0518 e. The normalized spacial score (nSPS) is 21.4. The third-order valence-electron chi connectivity index (χ3n) is 3.08. The van der Waals surface area contributed by atoms with E-state index < -0.39 is 0 Å². The Kier molecular flexibility index (Phi) is 4.85. The average Bonchev–Trinajstić information content (AvgIpc) is 2.19. The van der Waals surface area contributed by atoms with E-state index in [0.717, 1.165) is 39.0 Å². The van der Waals surface area contributed by atoms with E-state index >= 15 is 0 Å². The predicted octanol–water partition coefficient (Wildman–Crippen LogP) is 1.16. The summed E-state index contributed by atoms with van der Waals surface area (Å²) in [6.07, 6.45) is 3.44. The van der Waals surface area contributed by atoms with Gasteiger partial charge in [-0.15, -0.1) is 0 Å². The van der Waals surface area contributed by atoms with Crippen molar-refractivity contribution in [3.63, 3.8) is 0 Å². The highest BCUT2D eigenvalue weighted by atomic mass is 16.5. The van der Waals surface area contributed by atoms with E-state index in [1.54, 1.807) is 0 Å². The standard InChI is InChI=1S/C11H23NO2/c1-10(2)14-8-5-11(9-13)3-6-12-7-4-11/h10,12-13H,3-9H2,1-2H3. The molecule has 1 rings (SSSR count). The molecule has 0 atom stereocenters. The van der Waals surface area contributed by atoms with Gasteiger partial charge in [-0.1, -0.05) is 0 Å². The number of aliphatic hydroxyl groups excluding tert-OH is 1. The molecule has 0 aliphatic carbocycles. The van der Waals surface area contributed by atoms with Gasteiger partial charge in [-0.05, 0) is 51.6 Å². The van der Waals surface area contributed by atoms with E-state index in [4.69, 9.17) is 4.74 Å². The zero-order valence-electron chi connectivity index (χ0n) is 9.38. The van der Waals surface area contributed by atoms with Crippen molar-refractivity contribution in [1.82, 2.24) is 5.32 Å². The topological polar surface area (TPSA) is 41.5 Å². The molecule has 0 spiro atoms. The molecule has 84 valence electrons. The van der Waals surface area contributed by atoms with E-state index in [2.05, 4.69) is 5.32 Å². The first-order valence-electron chi connectivity index (χ1n) is 5.62. The van der Waals surface area contributed by atoms with Crippen molar-refractivity contribution in [1.29, 1.82) is 0 Å². The van der Waals surface area contributed by atoms with Crippen LogP contribution in [0.2, 0.25) is 0 Å². The molecule has 0 bridgehead atoms. The fourth-order valence-electron chi connectivity index (χ4n) is 1.96. The lowest BCUT2D eigenvalue weighted by Crippen LogP contribution is -2.40. The van der Waals surface area contributed by atoms with Crippen LogP contribution >= 0.6 is 0 Å². The second-order valence-corrected chi connectivity index (χ2v) is 4.58. The number of hydrogen-bond donors (Lipinski definition) is 2. The molecule has 0 aromatic carbocycles. The van der Waals surface area contributed by atoms with Crippen LogP contribution in [0, 0.1) is 5.41 Å². The Morgan fingerprint density at radius 3 is 2.50 bits per heavy atom. The van der Waals surface area contributed by atoms with Crippen LogP contribution in [0.15, 0.2) is 0 Å². The van der Waals surface area contributed by atoms with Gasteiger partial charge in [0.25, 0.3) is 0 Å². The summed E-state index contributed by atoms with van der Waals surface area (Å²) in [5.74, 6) is 0. The molecular formula is C11H23NO2. The molecule has 3 heteroatoms. The summed E-state index contributed by atoms with van der Waals surface area (Å²) in [7, 11) is 0. The van der Waals surface area contributed by atoms with Gasteiger partial charge in [0.15, 0.2) is 0 Å². The summed E-state index contributed by atoms with van der Waals surface area (Å²) in [4.78, 5) is 0. The molecule has 14 heavy (non-hydrogen) atoms. The van der Waals surface area contributed by atoms with Gasteiger partial charge in [0.1, 0.15) is 0 Å². The van der Waals surface area contributed by atoms with Crippen molar-refractivity contribution in [2.45, 2.75) is 39.2 Å². The second kappa shape index (κ2) is 5.69. The number of aliphatic hydroxyl groups is 1. The highest BCUT2D eigenvalue weighted by molar-refractivity contribution is 4.83. The lowest BCUT2D eigenvalue weighted by Gasteiger charge is -2.36. The fraction of sp³-hybridized carbons (Fsp3) is 1.00. The quantitative estimate of drug-likeness (QED) is 0.701. The van der Waals surface area contributed by atoms with Crippen molar-refractivity contribution in [2.75, 3.05) is 26.3 Å². The molecule has 1 heterocycles. The van der Waals surface area contributed by atoms with Crippen LogP contribution in [0.5, 0.6) is 0 Å². The van der Waals surface area contributed by atoms with E-state index in [1.807, 2.05) is 13.8 Å². The summed E-state index contributed by atoms with van der Waals surface area (Å²) in [5, 5.41) is 12.7. The maximum atomic E-state index is 9.42. The third-order valence-corrected chi connectivity index (χ3v) is 3.08. The Labute approximate surface area is 86.8 Å². The van der Waals surface area contributed by atoms with Gasteiger partial charge in [-0.3, -0.25) is 0 Å². The van der Waals surface area contributed by atoms with Crippen molar-refractivity contribution in [3.05, 3.63) is 0 Å². The minimum Gasteiger partial charge on any atom is -0.396 e.